The van der Waals surface area contributed by atoms with Crippen LogP contribution in [-0.2, 0) is 0 Å². The normalized spacial score (nSPS) is 28.8. The van der Waals surface area contributed by atoms with Gasteiger partial charge in [0.05, 0.1) is 11.2 Å². The molecule has 3 aliphatic heterocycles. The quantitative estimate of drug-likeness (QED) is 0.481. The molecule has 210 valence electrons. The Balaban J connectivity index is 0.00000154. The standard InChI is InChI=1S/C21H36F3N7S.2C2H6/c1-6-31-15(2)26-17(32-16-8-7-11-28(4)18(16)21(22,23)24)14-29(5)27-19(31)30-12-9-20(3,25)10-13-30;2*1-2/h7-8,11,14-15,18-19,26-27H,6,9-10,12-13,25H2,1-5H3;2*1-2H3/b17-14+;;. The van der Waals surface area contributed by atoms with E-state index in [1.807, 2.05) is 52.9 Å². The molecule has 11 heteroatoms. The molecule has 3 rings (SSSR count). The number of nitrogens with two attached hydrogens (primary N) is 1. The second kappa shape index (κ2) is 14.5. The zero-order chi connectivity index (χ0) is 27.7. The Bertz CT molecular complexity index is 744. The van der Waals surface area contributed by atoms with Crippen LogP contribution in [0.4, 0.5) is 13.2 Å². The van der Waals surface area contributed by atoms with Crippen molar-refractivity contribution in [3.05, 3.63) is 34.5 Å². The van der Waals surface area contributed by atoms with E-state index in [1.54, 1.807) is 12.2 Å². The predicted molar refractivity (Wildman–Crippen MR) is 146 cm³/mol. The summed E-state index contributed by atoms with van der Waals surface area (Å²) in [4.78, 5) is 6.08. The average Bonchev–Trinajstić information content (AvgIpc) is 2.80. The van der Waals surface area contributed by atoms with Crippen molar-refractivity contribution >= 4 is 11.8 Å². The van der Waals surface area contributed by atoms with Gasteiger partial charge >= 0.3 is 6.18 Å². The first-order valence-electron chi connectivity index (χ1n) is 13.0. The highest BCUT2D eigenvalue weighted by atomic mass is 32.2. The van der Waals surface area contributed by atoms with E-state index < -0.39 is 12.2 Å². The Morgan fingerprint density at radius 1 is 1.14 bits per heavy atom. The molecule has 0 aliphatic carbocycles. The number of halogens is 3. The van der Waals surface area contributed by atoms with Crippen molar-refractivity contribution in [1.29, 1.82) is 0 Å². The number of alkyl halides is 3. The number of piperidine rings is 1. The zero-order valence-corrected chi connectivity index (χ0v) is 24.3. The lowest BCUT2D eigenvalue weighted by molar-refractivity contribution is -0.162. The fourth-order valence-corrected chi connectivity index (χ4v) is 5.59. The Kier molecular flexibility index (Phi) is 13.2. The van der Waals surface area contributed by atoms with Crippen LogP contribution in [0.3, 0.4) is 0 Å². The van der Waals surface area contributed by atoms with Crippen LogP contribution in [0.1, 0.15) is 61.3 Å². The van der Waals surface area contributed by atoms with Crippen molar-refractivity contribution < 1.29 is 13.2 Å². The number of likely N-dealkylation sites (tertiary alicyclic amines) is 1. The first kappa shape index (κ1) is 32.6. The van der Waals surface area contributed by atoms with Crippen molar-refractivity contribution in [3.63, 3.8) is 0 Å². The van der Waals surface area contributed by atoms with Gasteiger partial charge in [-0.05, 0) is 45.0 Å². The molecule has 0 aromatic heterocycles. The number of nitrogens with zero attached hydrogens (tertiary/aromatic N) is 4. The van der Waals surface area contributed by atoms with E-state index >= 15 is 0 Å². The summed E-state index contributed by atoms with van der Waals surface area (Å²) in [6, 6.07) is -1.66. The maximum atomic E-state index is 13.7. The lowest BCUT2D eigenvalue weighted by Gasteiger charge is -2.48. The second-order valence-corrected chi connectivity index (χ2v) is 10.2. The van der Waals surface area contributed by atoms with Gasteiger partial charge in [-0.3, -0.25) is 9.80 Å². The lowest BCUT2D eigenvalue weighted by Crippen LogP contribution is -2.67. The molecule has 0 saturated carbocycles. The van der Waals surface area contributed by atoms with E-state index in [0.717, 1.165) is 44.2 Å². The topological polar surface area (TPSA) is 63.0 Å². The molecular formula is C25H48F3N7S. The predicted octanol–water partition coefficient (Wildman–Crippen LogP) is 4.65. The minimum absolute atomic E-state index is 0.0442. The minimum atomic E-state index is -4.36. The van der Waals surface area contributed by atoms with Crippen molar-refractivity contribution in [3.8, 4) is 0 Å². The van der Waals surface area contributed by atoms with Gasteiger partial charge in [-0.1, -0.05) is 46.4 Å². The van der Waals surface area contributed by atoms with Crippen LogP contribution in [0, 0.1) is 0 Å². The average molecular weight is 536 g/mol. The van der Waals surface area contributed by atoms with Gasteiger partial charge in [0.2, 0.25) is 0 Å². The molecular weight excluding hydrogens is 487 g/mol. The molecule has 0 bridgehead atoms. The summed E-state index contributed by atoms with van der Waals surface area (Å²) in [5.74, 6) is 0. The van der Waals surface area contributed by atoms with E-state index in [1.165, 1.54) is 18.1 Å². The Hall–Kier alpha value is -1.40. The molecule has 0 amide bonds. The van der Waals surface area contributed by atoms with Crippen LogP contribution >= 0.6 is 11.8 Å². The van der Waals surface area contributed by atoms with E-state index in [4.69, 9.17) is 5.73 Å². The van der Waals surface area contributed by atoms with Gasteiger partial charge in [-0.2, -0.15) is 13.2 Å². The van der Waals surface area contributed by atoms with Gasteiger partial charge in [0, 0.05) is 50.4 Å². The zero-order valence-electron chi connectivity index (χ0n) is 23.5. The van der Waals surface area contributed by atoms with Gasteiger partial charge < -0.3 is 21.0 Å². The maximum absolute atomic E-state index is 13.7. The third-order valence-corrected chi connectivity index (χ3v) is 7.28. The molecule has 0 aromatic carbocycles. The number of hydrazine groups is 1. The third-order valence-electron chi connectivity index (χ3n) is 6.24. The summed E-state index contributed by atoms with van der Waals surface area (Å²) >= 11 is 1.12. The molecule has 0 aromatic rings. The molecule has 3 aliphatic rings. The van der Waals surface area contributed by atoms with Crippen LogP contribution in [0.5, 0.6) is 0 Å². The summed E-state index contributed by atoms with van der Waals surface area (Å²) in [6.07, 6.45) is 3.81. The number of rotatable bonds is 4. The Morgan fingerprint density at radius 2 is 1.72 bits per heavy atom. The molecule has 4 N–H and O–H groups in total. The summed E-state index contributed by atoms with van der Waals surface area (Å²) in [6.45, 7) is 16.8. The van der Waals surface area contributed by atoms with Gasteiger partial charge in [-0.15, -0.1) is 0 Å². The first-order chi connectivity index (χ1) is 16.9. The van der Waals surface area contributed by atoms with Gasteiger partial charge in [-0.25, -0.2) is 5.43 Å². The molecule has 3 heterocycles. The molecule has 0 radical (unpaired) electrons. The van der Waals surface area contributed by atoms with E-state index in [2.05, 4.69) is 34.4 Å². The molecule has 0 spiro atoms. The molecule has 1 fully saturated rings. The monoisotopic (exact) mass is 535 g/mol. The number of thioether (sulfide) groups is 1. The first-order valence-corrected chi connectivity index (χ1v) is 13.8. The fraction of sp³-hybridized carbons (Fsp3) is 0.760. The highest BCUT2D eigenvalue weighted by Crippen LogP contribution is 2.39. The number of likely N-dealkylation sites (N-methyl/N-ethyl adjacent to an activating group) is 1. The maximum Gasteiger partial charge on any atom is 0.413 e. The van der Waals surface area contributed by atoms with Crippen LogP contribution < -0.4 is 16.5 Å². The Morgan fingerprint density at radius 3 is 2.25 bits per heavy atom. The smallest absolute Gasteiger partial charge is 0.365 e. The van der Waals surface area contributed by atoms with Crippen LogP contribution in [0.2, 0.25) is 0 Å². The highest BCUT2D eigenvalue weighted by Gasteiger charge is 2.45. The number of hydrogen-bond acceptors (Lipinski definition) is 8. The van der Waals surface area contributed by atoms with Gasteiger partial charge in [0.1, 0.15) is 6.29 Å². The molecule has 1 saturated heterocycles. The summed E-state index contributed by atoms with van der Waals surface area (Å²) in [5.41, 5.74) is 9.69. The summed E-state index contributed by atoms with van der Waals surface area (Å²) in [7, 11) is 3.32. The number of nitrogens with one attached hydrogen (secondary N) is 2. The fourth-order valence-electron chi connectivity index (χ4n) is 4.34. The molecule has 7 nitrogen and oxygen atoms in total. The lowest BCUT2D eigenvalue weighted by atomic mass is 9.91. The van der Waals surface area contributed by atoms with Crippen LogP contribution in [0.15, 0.2) is 34.5 Å². The molecule has 36 heavy (non-hydrogen) atoms. The van der Waals surface area contributed by atoms with Crippen LogP contribution in [0.25, 0.3) is 0 Å². The van der Waals surface area contributed by atoms with Crippen molar-refractivity contribution in [2.24, 2.45) is 5.73 Å². The van der Waals surface area contributed by atoms with Crippen molar-refractivity contribution in [2.45, 2.75) is 91.5 Å². The second-order valence-electron chi connectivity index (χ2n) is 9.07. The highest BCUT2D eigenvalue weighted by molar-refractivity contribution is 8.06. The van der Waals surface area contributed by atoms with E-state index in [9.17, 15) is 13.2 Å². The number of hydrogen-bond donors (Lipinski definition) is 3. The Labute approximate surface area is 220 Å². The van der Waals surface area contributed by atoms with Gasteiger partial charge in [0.25, 0.3) is 0 Å². The third kappa shape index (κ3) is 8.86. The SMILES string of the molecule is CC.CC.CCN1C(C)N/C(SC2=CC=CN(C)C2C(F)(F)F)=C\N(C)NC1N1CCC(C)(N)CC1. The molecule has 3 atom stereocenters. The summed E-state index contributed by atoms with van der Waals surface area (Å²) < 4.78 is 41.1. The summed E-state index contributed by atoms with van der Waals surface area (Å²) in [5, 5.41) is 5.92. The molecule has 3 unspecified atom stereocenters. The van der Waals surface area contributed by atoms with Crippen molar-refractivity contribution in [1.82, 2.24) is 30.5 Å². The van der Waals surface area contributed by atoms with Gasteiger partial charge in [0.15, 0.2) is 6.04 Å². The largest absolute Gasteiger partial charge is 0.413 e. The number of allylic oxidation sites excluding steroid dienone is 2. The van der Waals surface area contributed by atoms with Crippen molar-refractivity contribution in [2.75, 3.05) is 33.7 Å². The van der Waals surface area contributed by atoms with E-state index in [0.29, 0.717) is 5.03 Å². The van der Waals surface area contributed by atoms with Crippen LogP contribution in [-0.4, -0.2) is 83.7 Å². The minimum Gasteiger partial charge on any atom is -0.365 e. The van der Waals surface area contributed by atoms with E-state index in [-0.39, 0.29) is 22.9 Å².